The van der Waals surface area contributed by atoms with Crippen LogP contribution in [-0.4, -0.2) is 30.1 Å². The Labute approximate surface area is 108 Å². The number of carboxylic acid groups (broad SMARTS) is 1. The standard InChI is InChI=1S/C14H22O4/c1-2-3-4-5-11-12(15)6-10-8-18-9-14(10,11)7-13(16)17/h10-11H,2-9H2,1H3,(H,16,17). The Morgan fingerprint density at radius 1 is 1.50 bits per heavy atom. The fraction of sp³-hybridized carbons (Fsp3) is 0.857. The van der Waals surface area contributed by atoms with Crippen LogP contribution in [0.1, 0.15) is 45.4 Å². The maximum absolute atomic E-state index is 12.1. The van der Waals surface area contributed by atoms with Gasteiger partial charge in [0.15, 0.2) is 0 Å². The van der Waals surface area contributed by atoms with Crippen LogP contribution in [-0.2, 0) is 14.3 Å². The van der Waals surface area contributed by atoms with E-state index in [4.69, 9.17) is 9.84 Å². The van der Waals surface area contributed by atoms with E-state index in [0.717, 1.165) is 25.7 Å². The van der Waals surface area contributed by atoms with E-state index in [2.05, 4.69) is 6.92 Å². The summed E-state index contributed by atoms with van der Waals surface area (Å²) in [6.45, 7) is 3.14. The number of carbonyl (C=O) groups excluding carboxylic acids is 1. The molecule has 2 rings (SSSR count). The minimum Gasteiger partial charge on any atom is -0.481 e. The molecule has 0 amide bonds. The number of carboxylic acids is 1. The van der Waals surface area contributed by atoms with Crippen molar-refractivity contribution < 1.29 is 19.4 Å². The van der Waals surface area contributed by atoms with Crippen LogP contribution < -0.4 is 0 Å². The summed E-state index contributed by atoms with van der Waals surface area (Å²) < 4.78 is 5.49. The van der Waals surface area contributed by atoms with Crippen molar-refractivity contribution in [3.05, 3.63) is 0 Å². The van der Waals surface area contributed by atoms with Crippen LogP contribution in [0.4, 0.5) is 0 Å². The largest absolute Gasteiger partial charge is 0.481 e. The Morgan fingerprint density at radius 2 is 2.28 bits per heavy atom. The molecule has 0 bridgehead atoms. The molecule has 2 fully saturated rings. The zero-order valence-electron chi connectivity index (χ0n) is 11.0. The van der Waals surface area contributed by atoms with Gasteiger partial charge in [0, 0.05) is 17.8 Å². The van der Waals surface area contributed by atoms with E-state index in [0.29, 0.717) is 19.6 Å². The van der Waals surface area contributed by atoms with Crippen molar-refractivity contribution in [3.8, 4) is 0 Å². The van der Waals surface area contributed by atoms with Crippen molar-refractivity contribution in [2.75, 3.05) is 13.2 Å². The second-order valence-electron chi connectivity index (χ2n) is 5.73. The summed E-state index contributed by atoms with van der Waals surface area (Å²) in [7, 11) is 0. The number of unbranched alkanes of at least 4 members (excludes halogenated alkanes) is 2. The zero-order chi connectivity index (χ0) is 13.2. The second kappa shape index (κ2) is 5.39. The fourth-order valence-electron chi connectivity index (χ4n) is 3.68. The fourth-order valence-corrected chi connectivity index (χ4v) is 3.68. The highest BCUT2D eigenvalue weighted by atomic mass is 16.5. The van der Waals surface area contributed by atoms with Gasteiger partial charge in [-0.1, -0.05) is 26.2 Å². The van der Waals surface area contributed by atoms with Gasteiger partial charge in [-0.15, -0.1) is 0 Å². The summed E-state index contributed by atoms with van der Waals surface area (Å²) in [6.07, 6.45) is 4.68. The molecule has 102 valence electrons. The van der Waals surface area contributed by atoms with E-state index in [1.165, 1.54) is 0 Å². The van der Waals surface area contributed by atoms with E-state index in [-0.39, 0.29) is 24.0 Å². The molecule has 0 aromatic heterocycles. The minimum atomic E-state index is -0.805. The van der Waals surface area contributed by atoms with Crippen LogP contribution in [0.15, 0.2) is 0 Å². The molecule has 1 saturated heterocycles. The Kier molecular flexibility index (Phi) is 4.05. The predicted molar refractivity (Wildman–Crippen MR) is 66.3 cm³/mol. The molecule has 1 aliphatic heterocycles. The van der Waals surface area contributed by atoms with Gasteiger partial charge in [0.05, 0.1) is 19.6 Å². The summed E-state index contributed by atoms with van der Waals surface area (Å²) in [5, 5.41) is 9.12. The van der Waals surface area contributed by atoms with Crippen LogP contribution >= 0.6 is 0 Å². The molecule has 1 aliphatic carbocycles. The number of fused-ring (bicyclic) bond motifs is 1. The number of ketones is 1. The first kappa shape index (κ1) is 13.5. The normalized spacial score (nSPS) is 34.8. The van der Waals surface area contributed by atoms with E-state index in [9.17, 15) is 9.59 Å². The van der Waals surface area contributed by atoms with Gasteiger partial charge >= 0.3 is 5.97 Å². The number of carbonyl (C=O) groups is 2. The maximum Gasteiger partial charge on any atom is 0.304 e. The lowest BCUT2D eigenvalue weighted by molar-refractivity contribution is -0.141. The molecule has 0 radical (unpaired) electrons. The Balaban J connectivity index is 2.12. The van der Waals surface area contributed by atoms with Gasteiger partial charge in [-0.2, -0.15) is 0 Å². The predicted octanol–water partition coefficient (Wildman–Crippen LogP) is 2.26. The molecular weight excluding hydrogens is 232 g/mol. The highest BCUT2D eigenvalue weighted by Crippen LogP contribution is 2.53. The molecule has 0 aromatic carbocycles. The molecule has 4 nitrogen and oxygen atoms in total. The lowest BCUT2D eigenvalue weighted by Gasteiger charge is -2.31. The summed E-state index contributed by atoms with van der Waals surface area (Å²) in [6, 6.07) is 0. The van der Waals surface area contributed by atoms with E-state index >= 15 is 0 Å². The average molecular weight is 254 g/mol. The molecule has 1 heterocycles. The number of Topliss-reactive ketones (excluding diaryl/α,β-unsaturated/α-hetero) is 1. The van der Waals surface area contributed by atoms with Crippen LogP contribution in [0, 0.1) is 17.3 Å². The molecule has 0 aromatic rings. The molecule has 18 heavy (non-hydrogen) atoms. The quantitative estimate of drug-likeness (QED) is 0.738. The van der Waals surface area contributed by atoms with Crippen molar-refractivity contribution in [1.82, 2.24) is 0 Å². The zero-order valence-corrected chi connectivity index (χ0v) is 11.0. The molecular formula is C14H22O4. The van der Waals surface area contributed by atoms with Gasteiger partial charge in [-0.25, -0.2) is 0 Å². The second-order valence-corrected chi connectivity index (χ2v) is 5.73. The molecule has 2 aliphatic rings. The highest BCUT2D eigenvalue weighted by Gasteiger charge is 2.58. The average Bonchev–Trinajstić information content (AvgIpc) is 2.76. The molecule has 4 heteroatoms. The molecule has 3 atom stereocenters. The summed E-state index contributed by atoms with van der Waals surface area (Å²) in [5.41, 5.74) is -0.406. The number of rotatable bonds is 6. The minimum absolute atomic E-state index is 0.0835. The van der Waals surface area contributed by atoms with Gasteiger partial charge in [-0.05, 0) is 12.3 Å². The first-order valence-corrected chi connectivity index (χ1v) is 6.92. The summed E-state index contributed by atoms with van der Waals surface area (Å²) in [5.74, 6) is -0.498. The van der Waals surface area contributed by atoms with Gasteiger partial charge in [0.2, 0.25) is 0 Å². The first-order chi connectivity index (χ1) is 8.60. The Bertz CT molecular complexity index is 339. The SMILES string of the molecule is CCCCCC1C(=O)CC2COCC21CC(=O)O. The topological polar surface area (TPSA) is 63.6 Å². The third-order valence-corrected chi connectivity index (χ3v) is 4.61. The lowest BCUT2D eigenvalue weighted by atomic mass is 9.70. The van der Waals surface area contributed by atoms with E-state index < -0.39 is 11.4 Å². The monoisotopic (exact) mass is 254 g/mol. The van der Waals surface area contributed by atoms with Gasteiger partial charge in [-0.3, -0.25) is 9.59 Å². The summed E-state index contributed by atoms with van der Waals surface area (Å²) >= 11 is 0. The van der Waals surface area contributed by atoms with E-state index in [1.807, 2.05) is 0 Å². The van der Waals surface area contributed by atoms with Gasteiger partial charge in [0.1, 0.15) is 5.78 Å². The van der Waals surface area contributed by atoms with Crippen LogP contribution in [0.5, 0.6) is 0 Å². The van der Waals surface area contributed by atoms with Crippen LogP contribution in [0.2, 0.25) is 0 Å². The number of aliphatic carboxylic acids is 1. The summed E-state index contributed by atoms with van der Waals surface area (Å²) in [4.78, 5) is 23.2. The smallest absolute Gasteiger partial charge is 0.304 e. The number of hydrogen-bond donors (Lipinski definition) is 1. The molecule has 3 unspecified atom stereocenters. The van der Waals surface area contributed by atoms with Crippen LogP contribution in [0.3, 0.4) is 0 Å². The number of hydrogen-bond acceptors (Lipinski definition) is 3. The Morgan fingerprint density at radius 3 is 2.94 bits per heavy atom. The lowest BCUT2D eigenvalue weighted by Crippen LogP contribution is -2.36. The van der Waals surface area contributed by atoms with Crippen molar-refractivity contribution in [3.63, 3.8) is 0 Å². The van der Waals surface area contributed by atoms with E-state index in [1.54, 1.807) is 0 Å². The molecule has 1 N–H and O–H groups in total. The van der Waals surface area contributed by atoms with Crippen molar-refractivity contribution in [2.45, 2.75) is 45.4 Å². The van der Waals surface area contributed by atoms with Gasteiger partial charge in [0.25, 0.3) is 0 Å². The third kappa shape index (κ3) is 2.30. The van der Waals surface area contributed by atoms with Crippen molar-refractivity contribution >= 4 is 11.8 Å². The first-order valence-electron chi connectivity index (χ1n) is 6.92. The van der Waals surface area contributed by atoms with Crippen molar-refractivity contribution in [1.29, 1.82) is 0 Å². The maximum atomic E-state index is 12.1. The Hall–Kier alpha value is -0.900. The van der Waals surface area contributed by atoms with Gasteiger partial charge < -0.3 is 9.84 Å². The molecule has 0 spiro atoms. The third-order valence-electron chi connectivity index (χ3n) is 4.61. The van der Waals surface area contributed by atoms with Crippen LogP contribution in [0.25, 0.3) is 0 Å². The van der Waals surface area contributed by atoms with Crippen molar-refractivity contribution in [2.24, 2.45) is 17.3 Å². The highest BCUT2D eigenvalue weighted by molar-refractivity contribution is 5.86. The molecule has 1 saturated carbocycles. The number of ether oxygens (including phenoxy) is 1.